The van der Waals surface area contributed by atoms with Gasteiger partial charge in [0.1, 0.15) is 24.2 Å². The molecule has 0 radical (unpaired) electrons. The van der Waals surface area contributed by atoms with Gasteiger partial charge in [-0.1, -0.05) is 63.7 Å². The van der Waals surface area contributed by atoms with Crippen LogP contribution in [0.25, 0.3) is 0 Å². The molecule has 0 bridgehead atoms. The van der Waals surface area contributed by atoms with E-state index in [0.29, 0.717) is 0 Å². The molecular weight excluding hydrogens is 634 g/mol. The van der Waals surface area contributed by atoms with Gasteiger partial charge in [0.25, 0.3) is 0 Å². The normalized spacial score (nSPS) is 16.2. The Balaban J connectivity index is 2.89. The summed E-state index contributed by atoms with van der Waals surface area (Å²) in [5, 5.41) is 2.24. The van der Waals surface area contributed by atoms with E-state index in [4.69, 9.17) is 14.2 Å². The summed E-state index contributed by atoms with van der Waals surface area (Å²) < 4.78 is 14.8. The van der Waals surface area contributed by atoms with Crippen LogP contribution in [0.5, 0.6) is 0 Å². The first-order valence-corrected chi connectivity index (χ1v) is 12.5. The lowest BCUT2D eigenvalue weighted by atomic mass is 9.83. The maximum Gasteiger partial charge on any atom is 0.330 e. The fourth-order valence-electron chi connectivity index (χ4n) is 2.81. The average Bonchev–Trinajstić information content (AvgIpc) is 2.64. The molecule has 1 heterocycles. The first-order chi connectivity index (χ1) is 12.9. The minimum Gasteiger partial charge on any atom is -0.463 e. The van der Waals surface area contributed by atoms with E-state index in [1.165, 1.54) is 0 Å². The number of rotatable bonds is 9. The summed E-state index contributed by atoms with van der Waals surface area (Å²) in [6, 6.07) is 0. The minimum atomic E-state index is -1.34. The van der Waals surface area contributed by atoms with Crippen molar-refractivity contribution in [2.45, 2.75) is 46.7 Å². The molecule has 0 unspecified atom stereocenters. The molecule has 0 aromatic heterocycles. The molecule has 1 saturated heterocycles. The summed E-state index contributed by atoms with van der Waals surface area (Å²) >= 11 is 12.2. The van der Waals surface area contributed by atoms with Gasteiger partial charge in [-0.3, -0.25) is 4.79 Å². The topological polar surface area (TPSA) is 95.5 Å². The van der Waals surface area contributed by atoms with Crippen molar-refractivity contribution < 1.29 is 33.9 Å². The van der Waals surface area contributed by atoms with Crippen LogP contribution in [0.2, 0.25) is 0 Å². The second-order valence-electron chi connectivity index (χ2n) is 7.51. The molecule has 0 aliphatic carbocycles. The summed E-state index contributed by atoms with van der Waals surface area (Å²) in [6.45, 7) is 6.75. The van der Waals surface area contributed by atoms with Gasteiger partial charge in [-0.2, -0.15) is 0 Å². The minimum absolute atomic E-state index is 0.236. The third-order valence-electron chi connectivity index (χ3n) is 4.69. The molecule has 0 amide bonds. The fraction of sp³-hybridized carbons (Fsp3) is 0.824. The lowest BCUT2D eigenvalue weighted by Crippen LogP contribution is -2.86. The van der Waals surface area contributed by atoms with Gasteiger partial charge >= 0.3 is 17.9 Å². The molecule has 162 valence electrons. The number of nitrogens with two attached hydrogens (primary N) is 1. The van der Waals surface area contributed by atoms with E-state index in [9.17, 15) is 14.4 Å². The average molecular weight is 660 g/mol. The number of hydrogen-bond acceptors (Lipinski definition) is 6. The van der Waals surface area contributed by atoms with Crippen LogP contribution in [0.3, 0.4) is 0 Å². The molecular formula is C17H26Br4NO6+. The molecule has 1 aliphatic heterocycles. The van der Waals surface area contributed by atoms with Crippen LogP contribution in [0, 0.1) is 11.3 Å². The molecule has 7 nitrogen and oxygen atoms in total. The van der Waals surface area contributed by atoms with E-state index in [-0.39, 0.29) is 19.1 Å². The maximum atomic E-state index is 13.0. The lowest BCUT2D eigenvalue weighted by molar-refractivity contribution is -0.665. The van der Waals surface area contributed by atoms with Crippen LogP contribution in [0.15, 0.2) is 0 Å². The Bertz CT molecular complexity index is 540. The quantitative estimate of drug-likeness (QED) is 0.233. The van der Waals surface area contributed by atoms with Gasteiger partial charge in [-0.05, 0) is 20.8 Å². The number of carbonyl (C=O) groups excluding carboxylic acids is 3. The third kappa shape index (κ3) is 8.20. The van der Waals surface area contributed by atoms with Crippen molar-refractivity contribution in [3.8, 4) is 0 Å². The Kier molecular flexibility index (Phi) is 10.9. The highest BCUT2D eigenvalue weighted by molar-refractivity contribution is 9.25. The van der Waals surface area contributed by atoms with Crippen molar-refractivity contribution in [1.29, 1.82) is 0 Å². The molecule has 28 heavy (non-hydrogen) atoms. The zero-order valence-corrected chi connectivity index (χ0v) is 22.4. The second kappa shape index (κ2) is 11.6. The van der Waals surface area contributed by atoms with Gasteiger partial charge < -0.3 is 19.5 Å². The smallest absolute Gasteiger partial charge is 0.330 e. The molecule has 11 heteroatoms. The van der Waals surface area contributed by atoms with Gasteiger partial charge in [0.05, 0.1) is 13.1 Å². The molecule has 0 saturated carbocycles. The Labute approximate surface area is 198 Å². The highest BCUT2D eigenvalue weighted by Gasteiger charge is 2.44. The van der Waals surface area contributed by atoms with E-state index >= 15 is 0 Å². The standard InChI is InChI=1S/C17H25Br4NO6/c1-16(2,10-4-6-22-7-5-10)28-15(25)17(3,8-26-13(23)11(18)19)9-27-14(24)12(20)21/h10-12,22H,4-9H2,1-3H3/p+1. The number of quaternary nitrogens is 1. The summed E-state index contributed by atoms with van der Waals surface area (Å²) in [7, 11) is 0. The Hall–Kier alpha value is 0.290. The van der Waals surface area contributed by atoms with Gasteiger partial charge in [0.2, 0.25) is 0 Å². The Morgan fingerprint density at radius 1 is 0.929 bits per heavy atom. The van der Waals surface area contributed by atoms with E-state index in [0.717, 1.165) is 25.9 Å². The van der Waals surface area contributed by atoms with Crippen LogP contribution in [0.4, 0.5) is 0 Å². The van der Waals surface area contributed by atoms with Crippen molar-refractivity contribution in [2.75, 3.05) is 26.3 Å². The Morgan fingerprint density at radius 3 is 1.75 bits per heavy atom. The molecule has 0 aromatic rings. The molecule has 0 aromatic carbocycles. The SMILES string of the molecule is CC(COC(=O)C(Br)Br)(COC(=O)C(Br)Br)C(=O)OC(C)(C)C1CC[NH2+]CC1. The molecule has 1 fully saturated rings. The monoisotopic (exact) mass is 656 g/mol. The van der Waals surface area contributed by atoms with Crippen molar-refractivity contribution in [1.82, 2.24) is 0 Å². The van der Waals surface area contributed by atoms with Gasteiger partial charge in [-0.25, -0.2) is 9.59 Å². The van der Waals surface area contributed by atoms with Crippen molar-refractivity contribution >= 4 is 81.6 Å². The van der Waals surface area contributed by atoms with E-state index < -0.39 is 36.4 Å². The first kappa shape index (κ1) is 26.3. The molecule has 0 spiro atoms. The third-order valence-corrected chi connectivity index (χ3v) is 6.19. The molecule has 1 rings (SSSR count). The molecule has 0 atom stereocenters. The van der Waals surface area contributed by atoms with E-state index in [1.807, 2.05) is 13.8 Å². The summed E-state index contributed by atoms with van der Waals surface area (Å²) in [4.78, 5) is 36.6. The summed E-state index contributed by atoms with van der Waals surface area (Å²) in [5.41, 5.74) is -2.02. The van der Waals surface area contributed by atoms with E-state index in [1.54, 1.807) is 6.92 Å². The summed E-state index contributed by atoms with van der Waals surface area (Å²) in [6.07, 6.45) is 1.90. The maximum absolute atomic E-state index is 13.0. The highest BCUT2D eigenvalue weighted by atomic mass is 79.9. The second-order valence-corrected chi connectivity index (χ2v) is 13.6. The Morgan fingerprint density at radius 2 is 1.36 bits per heavy atom. The zero-order chi connectivity index (χ0) is 21.5. The van der Waals surface area contributed by atoms with Gasteiger partial charge in [-0.15, -0.1) is 0 Å². The van der Waals surface area contributed by atoms with E-state index in [2.05, 4.69) is 69.0 Å². The van der Waals surface area contributed by atoms with Gasteiger partial charge in [0.15, 0.2) is 7.47 Å². The van der Waals surface area contributed by atoms with Crippen molar-refractivity contribution in [2.24, 2.45) is 11.3 Å². The lowest BCUT2D eigenvalue weighted by Gasteiger charge is -2.38. The van der Waals surface area contributed by atoms with Crippen LogP contribution in [-0.4, -0.2) is 57.3 Å². The highest BCUT2D eigenvalue weighted by Crippen LogP contribution is 2.32. The van der Waals surface area contributed by atoms with Crippen LogP contribution in [0.1, 0.15) is 33.6 Å². The van der Waals surface area contributed by atoms with Crippen LogP contribution in [-0.2, 0) is 28.6 Å². The van der Waals surface area contributed by atoms with Crippen molar-refractivity contribution in [3.05, 3.63) is 0 Å². The number of alkyl halides is 4. The number of halogens is 4. The molecule has 2 N–H and O–H groups in total. The number of ether oxygens (including phenoxy) is 3. The fourth-order valence-corrected chi connectivity index (χ4v) is 3.34. The molecule has 1 aliphatic rings. The number of carbonyl (C=O) groups is 3. The predicted molar refractivity (Wildman–Crippen MR) is 118 cm³/mol. The number of esters is 3. The predicted octanol–water partition coefficient (Wildman–Crippen LogP) is 2.61. The summed E-state index contributed by atoms with van der Waals surface area (Å²) in [5.74, 6) is -1.52. The van der Waals surface area contributed by atoms with Crippen molar-refractivity contribution in [3.63, 3.8) is 0 Å². The largest absolute Gasteiger partial charge is 0.463 e. The van der Waals surface area contributed by atoms with Crippen LogP contribution < -0.4 is 5.32 Å². The van der Waals surface area contributed by atoms with Gasteiger partial charge in [0, 0.05) is 18.8 Å². The number of piperidine rings is 1. The van der Waals surface area contributed by atoms with Crippen LogP contribution >= 0.6 is 63.7 Å². The first-order valence-electron chi connectivity index (χ1n) is 8.84. The zero-order valence-electron chi connectivity index (χ0n) is 16.0. The number of hydrogen-bond donors (Lipinski definition) is 1.